The van der Waals surface area contributed by atoms with Crippen LogP contribution in [-0.2, 0) is 4.79 Å². The summed E-state index contributed by atoms with van der Waals surface area (Å²) in [4.78, 5) is 28.2. The first kappa shape index (κ1) is 20.0. The Morgan fingerprint density at radius 3 is 2.33 bits per heavy atom. The number of rotatable bonds is 8. The van der Waals surface area contributed by atoms with E-state index in [-0.39, 0.29) is 6.54 Å². The third kappa shape index (κ3) is 4.25. The lowest BCUT2D eigenvalue weighted by molar-refractivity contribution is -0.135. The average molecular weight is 370 g/mol. The zero-order valence-electron chi connectivity index (χ0n) is 15.8. The van der Waals surface area contributed by atoms with E-state index in [1.807, 2.05) is 19.1 Å². The predicted octanol–water partition coefficient (Wildman–Crippen LogP) is 2.80. The third-order valence-electron chi connectivity index (χ3n) is 4.24. The van der Waals surface area contributed by atoms with E-state index in [0.717, 1.165) is 11.1 Å². The Kier molecular flexibility index (Phi) is 6.18. The molecular weight excluding hydrogens is 348 g/mol. The van der Waals surface area contributed by atoms with Crippen LogP contribution in [0.1, 0.15) is 27.0 Å². The van der Waals surface area contributed by atoms with Gasteiger partial charge in [0.2, 0.25) is 0 Å². The Hall–Kier alpha value is -3.35. The second-order valence-electron chi connectivity index (χ2n) is 5.98. The first-order valence-corrected chi connectivity index (χ1v) is 8.12. The Morgan fingerprint density at radius 1 is 1.26 bits per heavy atom. The van der Waals surface area contributed by atoms with Gasteiger partial charge in [-0.25, -0.2) is 4.98 Å². The molecule has 0 bridgehead atoms. The number of benzene rings is 1. The van der Waals surface area contributed by atoms with E-state index in [9.17, 15) is 9.59 Å². The van der Waals surface area contributed by atoms with Crippen molar-refractivity contribution in [3.8, 4) is 11.5 Å². The number of aromatic nitrogens is 1. The van der Waals surface area contributed by atoms with Gasteiger partial charge in [0.1, 0.15) is 23.9 Å². The quantitative estimate of drug-likeness (QED) is 0.715. The number of pyridine rings is 1. The number of carboxylic acid groups (broad SMARTS) is 1. The van der Waals surface area contributed by atoms with Crippen LogP contribution in [0.2, 0.25) is 0 Å². The Morgan fingerprint density at radius 2 is 1.85 bits per heavy atom. The van der Waals surface area contributed by atoms with E-state index in [4.69, 9.17) is 14.6 Å². The van der Waals surface area contributed by atoms with Crippen LogP contribution in [0.15, 0.2) is 31.0 Å². The zero-order valence-corrected chi connectivity index (χ0v) is 15.8. The highest BCUT2D eigenvalue weighted by molar-refractivity contribution is 5.91. The molecule has 0 unspecified atom stereocenters. The first-order chi connectivity index (χ1) is 12.8. The van der Waals surface area contributed by atoms with Crippen molar-refractivity contribution in [2.45, 2.75) is 6.92 Å². The number of methoxy groups -OCH3 is 2. The van der Waals surface area contributed by atoms with Crippen LogP contribution in [-0.4, -0.2) is 50.2 Å². The standard InChI is InChI=1S/C20H22N2O5/c1-12(14-6-17(26-4)13(2)18(7-14)27-5)16-9-21-19(8-15(16)11-23)22(3)10-20(24)25/h6-9,11H,1,10H2,2-5H3,(H,24,25). The highest BCUT2D eigenvalue weighted by atomic mass is 16.5. The summed E-state index contributed by atoms with van der Waals surface area (Å²) in [5, 5.41) is 8.91. The van der Waals surface area contributed by atoms with Crippen molar-refractivity contribution in [2.75, 3.05) is 32.7 Å². The minimum atomic E-state index is -0.987. The van der Waals surface area contributed by atoms with Crippen molar-refractivity contribution >= 4 is 23.6 Å². The molecule has 0 saturated heterocycles. The highest BCUT2D eigenvalue weighted by Gasteiger charge is 2.16. The first-order valence-electron chi connectivity index (χ1n) is 8.12. The van der Waals surface area contributed by atoms with Gasteiger partial charge in [-0.1, -0.05) is 6.58 Å². The summed E-state index contributed by atoms with van der Waals surface area (Å²) in [6.45, 7) is 5.75. The van der Waals surface area contributed by atoms with Gasteiger partial charge in [0.15, 0.2) is 6.29 Å². The molecule has 1 heterocycles. The molecule has 27 heavy (non-hydrogen) atoms. The van der Waals surface area contributed by atoms with Crippen LogP contribution >= 0.6 is 0 Å². The van der Waals surface area contributed by atoms with Gasteiger partial charge in [-0.05, 0) is 36.3 Å². The molecule has 0 radical (unpaired) electrons. The van der Waals surface area contributed by atoms with E-state index in [0.29, 0.717) is 40.3 Å². The minimum absolute atomic E-state index is 0.224. The SMILES string of the molecule is C=C(c1cc(OC)c(C)c(OC)c1)c1cnc(N(C)CC(=O)O)cc1C=O. The van der Waals surface area contributed by atoms with Crippen molar-refractivity contribution in [3.05, 3.63) is 53.2 Å². The van der Waals surface area contributed by atoms with Crippen molar-refractivity contribution in [3.63, 3.8) is 0 Å². The van der Waals surface area contributed by atoms with Crippen molar-refractivity contribution in [1.29, 1.82) is 0 Å². The molecule has 0 amide bonds. The number of carboxylic acids is 1. The van der Waals surface area contributed by atoms with Crippen molar-refractivity contribution in [1.82, 2.24) is 4.98 Å². The van der Waals surface area contributed by atoms with E-state index < -0.39 is 5.97 Å². The molecule has 0 saturated carbocycles. The lowest BCUT2D eigenvalue weighted by atomic mass is 9.95. The number of nitrogens with zero attached hydrogens (tertiary/aromatic N) is 2. The van der Waals surface area contributed by atoms with Gasteiger partial charge in [-0.3, -0.25) is 9.59 Å². The van der Waals surface area contributed by atoms with E-state index >= 15 is 0 Å². The summed E-state index contributed by atoms with van der Waals surface area (Å²) in [7, 11) is 4.73. The fourth-order valence-corrected chi connectivity index (χ4v) is 2.72. The second kappa shape index (κ2) is 8.35. The molecule has 0 spiro atoms. The number of likely N-dealkylation sites (N-methyl/N-ethyl adjacent to an activating group) is 1. The molecule has 1 aromatic heterocycles. The van der Waals surface area contributed by atoms with Crippen LogP contribution in [0, 0.1) is 6.92 Å². The molecular formula is C20H22N2O5. The maximum atomic E-state index is 11.6. The molecule has 142 valence electrons. The Balaban J connectivity index is 2.47. The topological polar surface area (TPSA) is 89.0 Å². The Labute approximate surface area is 157 Å². The summed E-state index contributed by atoms with van der Waals surface area (Å²) in [6, 6.07) is 5.18. The highest BCUT2D eigenvalue weighted by Crippen LogP contribution is 2.34. The van der Waals surface area contributed by atoms with Gasteiger partial charge in [0.05, 0.1) is 14.2 Å². The zero-order chi connectivity index (χ0) is 20.1. The summed E-state index contributed by atoms with van der Waals surface area (Å²) in [5.41, 5.74) is 3.07. The molecule has 7 nitrogen and oxygen atoms in total. The van der Waals surface area contributed by atoms with Gasteiger partial charge in [0, 0.05) is 29.9 Å². The van der Waals surface area contributed by atoms with Crippen LogP contribution < -0.4 is 14.4 Å². The molecule has 1 N–H and O–H groups in total. The lowest BCUT2D eigenvalue weighted by Crippen LogP contribution is -2.26. The molecule has 0 fully saturated rings. The largest absolute Gasteiger partial charge is 0.496 e. The number of carbonyl (C=O) groups excluding carboxylic acids is 1. The van der Waals surface area contributed by atoms with Gasteiger partial charge in [-0.2, -0.15) is 0 Å². The van der Waals surface area contributed by atoms with E-state index in [1.165, 1.54) is 11.1 Å². The second-order valence-corrected chi connectivity index (χ2v) is 5.98. The number of hydrogen-bond acceptors (Lipinski definition) is 6. The fraction of sp³-hybridized carbons (Fsp3) is 0.250. The van der Waals surface area contributed by atoms with Crippen LogP contribution in [0.5, 0.6) is 11.5 Å². The van der Waals surface area contributed by atoms with Crippen LogP contribution in [0.4, 0.5) is 5.82 Å². The van der Waals surface area contributed by atoms with Crippen LogP contribution in [0.25, 0.3) is 5.57 Å². The Bertz CT molecular complexity index is 867. The summed E-state index contributed by atoms with van der Waals surface area (Å²) in [6.07, 6.45) is 2.21. The van der Waals surface area contributed by atoms with Gasteiger partial charge < -0.3 is 19.5 Å². The van der Waals surface area contributed by atoms with Gasteiger partial charge in [0.25, 0.3) is 0 Å². The molecule has 1 aromatic carbocycles. The summed E-state index contributed by atoms with van der Waals surface area (Å²) < 4.78 is 10.8. The molecule has 7 heteroatoms. The maximum absolute atomic E-state index is 11.6. The number of aldehydes is 1. The summed E-state index contributed by atoms with van der Waals surface area (Å²) >= 11 is 0. The minimum Gasteiger partial charge on any atom is -0.496 e. The van der Waals surface area contributed by atoms with Gasteiger partial charge >= 0.3 is 5.97 Å². The summed E-state index contributed by atoms with van der Waals surface area (Å²) in [5.74, 6) is 0.683. The molecule has 0 aliphatic carbocycles. The number of anilines is 1. The molecule has 0 atom stereocenters. The third-order valence-corrected chi connectivity index (χ3v) is 4.24. The smallest absolute Gasteiger partial charge is 0.323 e. The van der Waals surface area contributed by atoms with Crippen molar-refractivity contribution < 1.29 is 24.2 Å². The molecule has 0 aliphatic heterocycles. The molecule has 2 aromatic rings. The monoisotopic (exact) mass is 370 g/mol. The fourth-order valence-electron chi connectivity index (χ4n) is 2.72. The number of hydrogen-bond donors (Lipinski definition) is 1. The predicted molar refractivity (Wildman–Crippen MR) is 103 cm³/mol. The van der Waals surface area contributed by atoms with E-state index in [2.05, 4.69) is 11.6 Å². The number of aliphatic carboxylic acids is 1. The lowest BCUT2D eigenvalue weighted by Gasteiger charge is -2.18. The van der Waals surface area contributed by atoms with Gasteiger partial charge in [-0.15, -0.1) is 0 Å². The van der Waals surface area contributed by atoms with Crippen molar-refractivity contribution in [2.24, 2.45) is 0 Å². The number of carbonyl (C=O) groups is 2. The number of ether oxygens (including phenoxy) is 2. The molecule has 2 rings (SSSR count). The maximum Gasteiger partial charge on any atom is 0.323 e. The molecule has 0 aliphatic rings. The van der Waals surface area contributed by atoms with E-state index in [1.54, 1.807) is 27.3 Å². The normalized spacial score (nSPS) is 10.2. The van der Waals surface area contributed by atoms with Crippen LogP contribution in [0.3, 0.4) is 0 Å². The average Bonchev–Trinajstić information content (AvgIpc) is 2.66.